The Hall–Kier alpha value is -4.75. The summed E-state index contributed by atoms with van der Waals surface area (Å²) in [6.07, 6.45) is 1.91. The predicted octanol–water partition coefficient (Wildman–Crippen LogP) is 5.10. The highest BCUT2D eigenvalue weighted by Gasteiger charge is 2.35. The van der Waals surface area contributed by atoms with Crippen LogP contribution in [0.5, 0.6) is 5.75 Å². The Balaban J connectivity index is 1.65. The van der Waals surface area contributed by atoms with Crippen LogP contribution < -0.4 is 19.6 Å². The number of esters is 1. The zero-order valence-corrected chi connectivity index (χ0v) is 22.9. The van der Waals surface area contributed by atoms with E-state index >= 15 is 0 Å². The van der Waals surface area contributed by atoms with Crippen LogP contribution in [0.15, 0.2) is 112 Å². The summed E-state index contributed by atoms with van der Waals surface area (Å²) in [6.45, 7) is 1.97. The first-order valence-electron chi connectivity index (χ1n) is 13.0. The lowest BCUT2D eigenvalue weighted by Gasteiger charge is -2.26. The molecule has 0 fully saturated rings. The maximum atomic E-state index is 14.1. The highest BCUT2D eigenvalue weighted by molar-refractivity contribution is 7.07. The second kappa shape index (κ2) is 10.8. The molecule has 0 N–H and O–H groups in total. The number of rotatable bonds is 6. The fourth-order valence-electron chi connectivity index (χ4n) is 5.06. The van der Waals surface area contributed by atoms with Crippen molar-refractivity contribution < 1.29 is 14.3 Å². The van der Waals surface area contributed by atoms with Crippen molar-refractivity contribution in [1.29, 1.82) is 0 Å². The summed E-state index contributed by atoms with van der Waals surface area (Å²) in [6, 6.07) is 30.3. The first kappa shape index (κ1) is 25.5. The van der Waals surface area contributed by atoms with E-state index in [1.165, 1.54) is 11.3 Å². The van der Waals surface area contributed by atoms with Gasteiger partial charge in [-0.2, -0.15) is 0 Å². The number of carbonyl (C=O) groups is 1. The van der Waals surface area contributed by atoms with Crippen molar-refractivity contribution in [2.45, 2.75) is 13.0 Å². The van der Waals surface area contributed by atoms with Crippen LogP contribution in [0.25, 0.3) is 22.5 Å². The van der Waals surface area contributed by atoms with Crippen molar-refractivity contribution in [2.75, 3.05) is 13.7 Å². The maximum absolute atomic E-state index is 14.1. The highest BCUT2D eigenvalue weighted by atomic mass is 32.1. The van der Waals surface area contributed by atoms with E-state index in [0.717, 1.165) is 27.5 Å². The molecule has 40 heavy (non-hydrogen) atoms. The Labute approximate surface area is 234 Å². The van der Waals surface area contributed by atoms with E-state index in [1.54, 1.807) is 18.6 Å². The Morgan fingerprint density at radius 1 is 0.950 bits per heavy atom. The fraction of sp³-hybridized carbons (Fsp3) is 0.121. The van der Waals surface area contributed by atoms with Gasteiger partial charge in [0.2, 0.25) is 0 Å². The molecule has 6 rings (SSSR count). The highest BCUT2D eigenvalue weighted by Crippen LogP contribution is 2.35. The molecule has 1 aromatic heterocycles. The van der Waals surface area contributed by atoms with Gasteiger partial charge in [-0.1, -0.05) is 96.3 Å². The second-order valence-electron chi connectivity index (χ2n) is 9.27. The largest absolute Gasteiger partial charge is 0.497 e. The van der Waals surface area contributed by atoms with E-state index in [2.05, 4.69) is 12.1 Å². The van der Waals surface area contributed by atoms with Crippen LogP contribution in [0.1, 0.15) is 29.7 Å². The van der Waals surface area contributed by atoms with Crippen molar-refractivity contribution in [2.24, 2.45) is 4.99 Å². The van der Waals surface area contributed by atoms with E-state index in [9.17, 15) is 9.59 Å². The van der Waals surface area contributed by atoms with E-state index < -0.39 is 12.0 Å². The quantitative estimate of drug-likeness (QED) is 0.278. The molecule has 0 aliphatic carbocycles. The standard InChI is InChI=1S/C33H26N2O4S/c1-3-39-32(37)28-29(22-11-5-4-6-12-22)34-33-35(30(28)23-16-18-25(38-2)19-17-23)31(36)27(40-33)20-24-14-9-13-21-10-7-8-15-26(21)24/h4-20,30H,3H2,1-2H3/b27-20-/t30-/m0/s1. The number of carbonyl (C=O) groups excluding carboxylic acids is 1. The minimum Gasteiger partial charge on any atom is -0.497 e. The molecule has 0 unspecified atom stereocenters. The zero-order valence-electron chi connectivity index (χ0n) is 22.0. The lowest BCUT2D eigenvalue weighted by Crippen LogP contribution is -2.40. The van der Waals surface area contributed by atoms with Crippen molar-refractivity contribution in [3.8, 4) is 5.75 Å². The van der Waals surface area contributed by atoms with Crippen molar-refractivity contribution in [1.82, 2.24) is 4.57 Å². The average molecular weight is 547 g/mol. The molecule has 1 atom stereocenters. The predicted molar refractivity (Wildman–Crippen MR) is 158 cm³/mol. The van der Waals surface area contributed by atoms with Crippen LogP contribution in [-0.2, 0) is 9.53 Å². The fourth-order valence-corrected chi connectivity index (χ4v) is 6.05. The summed E-state index contributed by atoms with van der Waals surface area (Å²) in [5.74, 6) is 0.173. The molecule has 4 aromatic carbocycles. The Morgan fingerprint density at radius 2 is 1.68 bits per heavy atom. The van der Waals surface area contributed by atoms with Crippen LogP contribution in [0.3, 0.4) is 0 Å². The number of nitrogens with zero attached hydrogens (tertiary/aromatic N) is 2. The van der Waals surface area contributed by atoms with E-state index in [4.69, 9.17) is 14.5 Å². The van der Waals surface area contributed by atoms with Crippen LogP contribution in [0, 0.1) is 0 Å². The molecule has 6 nitrogen and oxygen atoms in total. The van der Waals surface area contributed by atoms with Crippen LogP contribution >= 0.6 is 11.3 Å². The van der Waals surface area contributed by atoms with Gasteiger partial charge >= 0.3 is 5.97 Å². The van der Waals surface area contributed by atoms with E-state index in [-0.39, 0.29) is 12.2 Å². The maximum Gasteiger partial charge on any atom is 0.338 e. The van der Waals surface area contributed by atoms with Crippen molar-refractivity contribution >= 4 is 39.9 Å². The number of hydrogen-bond acceptors (Lipinski definition) is 6. The molecule has 198 valence electrons. The first-order chi connectivity index (χ1) is 19.6. The summed E-state index contributed by atoms with van der Waals surface area (Å²) < 4.78 is 13.0. The minimum absolute atomic E-state index is 0.200. The molecule has 0 saturated carbocycles. The SMILES string of the molecule is CCOC(=O)C1=C(c2ccccc2)N=c2s/c(=C\c3cccc4ccccc34)c(=O)n2[C@H]1c1ccc(OC)cc1. The number of thiazole rings is 1. The van der Waals surface area contributed by atoms with Crippen LogP contribution in [0.4, 0.5) is 0 Å². The molecule has 1 aliphatic heterocycles. The minimum atomic E-state index is -0.730. The topological polar surface area (TPSA) is 69.9 Å². The van der Waals surface area contributed by atoms with Crippen molar-refractivity contribution in [3.05, 3.63) is 139 Å². The lowest BCUT2D eigenvalue weighted by molar-refractivity contribution is -0.138. The van der Waals surface area contributed by atoms with Gasteiger partial charge in [0.1, 0.15) is 5.75 Å². The van der Waals surface area contributed by atoms with Gasteiger partial charge in [0, 0.05) is 5.56 Å². The Morgan fingerprint density at radius 3 is 2.42 bits per heavy atom. The monoisotopic (exact) mass is 546 g/mol. The number of methoxy groups -OCH3 is 1. The number of fused-ring (bicyclic) bond motifs is 2. The number of ether oxygens (including phenoxy) is 2. The van der Waals surface area contributed by atoms with Gasteiger partial charge in [-0.05, 0) is 47.0 Å². The molecule has 0 saturated heterocycles. The normalized spacial score (nSPS) is 15.1. The number of benzene rings is 4. The molecule has 0 spiro atoms. The average Bonchev–Trinajstić information content (AvgIpc) is 3.31. The van der Waals surface area contributed by atoms with Crippen molar-refractivity contribution in [3.63, 3.8) is 0 Å². The third kappa shape index (κ3) is 4.54. The Bertz CT molecular complexity index is 1930. The van der Waals surface area contributed by atoms with Gasteiger partial charge in [0.15, 0.2) is 4.80 Å². The molecule has 0 bridgehead atoms. The number of hydrogen-bond donors (Lipinski definition) is 0. The third-order valence-corrected chi connectivity index (χ3v) is 7.90. The molecule has 5 aromatic rings. The second-order valence-corrected chi connectivity index (χ2v) is 10.3. The van der Waals surface area contributed by atoms with Crippen LogP contribution in [-0.4, -0.2) is 24.3 Å². The molecule has 2 heterocycles. The van der Waals surface area contributed by atoms with E-state index in [0.29, 0.717) is 26.4 Å². The third-order valence-electron chi connectivity index (χ3n) is 6.92. The summed E-state index contributed by atoms with van der Waals surface area (Å²) in [5, 5.41) is 2.15. The summed E-state index contributed by atoms with van der Waals surface area (Å²) in [4.78, 5) is 33.1. The molecule has 7 heteroatoms. The van der Waals surface area contributed by atoms with Gasteiger partial charge in [-0.3, -0.25) is 9.36 Å². The first-order valence-corrected chi connectivity index (χ1v) is 13.8. The Kier molecular flexibility index (Phi) is 6.88. The molecular weight excluding hydrogens is 520 g/mol. The summed E-state index contributed by atoms with van der Waals surface area (Å²) in [5.41, 5.74) is 3.07. The molecular formula is C33H26N2O4S. The van der Waals surface area contributed by atoms with Gasteiger partial charge < -0.3 is 9.47 Å². The lowest BCUT2D eigenvalue weighted by atomic mass is 9.93. The van der Waals surface area contributed by atoms with Gasteiger partial charge in [0.05, 0.1) is 35.6 Å². The summed E-state index contributed by atoms with van der Waals surface area (Å²) in [7, 11) is 1.60. The zero-order chi connectivity index (χ0) is 27.6. The van der Waals surface area contributed by atoms with Crippen LogP contribution in [0.2, 0.25) is 0 Å². The number of aromatic nitrogens is 1. The molecule has 0 amide bonds. The van der Waals surface area contributed by atoms with Gasteiger partial charge in [-0.25, -0.2) is 9.79 Å². The van der Waals surface area contributed by atoms with Gasteiger partial charge in [0.25, 0.3) is 5.56 Å². The molecule has 0 radical (unpaired) electrons. The smallest absolute Gasteiger partial charge is 0.338 e. The summed E-state index contributed by atoms with van der Waals surface area (Å²) >= 11 is 1.31. The molecule has 1 aliphatic rings. The van der Waals surface area contributed by atoms with E-state index in [1.807, 2.05) is 91.0 Å². The van der Waals surface area contributed by atoms with Gasteiger partial charge in [-0.15, -0.1) is 0 Å².